The minimum absolute atomic E-state index is 0. The molecule has 1 N–H and O–H groups in total. The van der Waals surface area contributed by atoms with Gasteiger partial charge in [-0.1, -0.05) is 13.3 Å². The van der Waals surface area contributed by atoms with E-state index in [1.54, 1.807) is 0 Å². The molecule has 1 heterocycles. The monoisotopic (exact) mass is 217 g/mol. The van der Waals surface area contributed by atoms with E-state index in [0.717, 1.165) is 19.6 Å². The highest BCUT2D eigenvalue weighted by atomic mass is 35.5. The van der Waals surface area contributed by atoms with Gasteiger partial charge in [0.1, 0.15) is 0 Å². The van der Waals surface area contributed by atoms with Crippen LogP contribution in [-0.4, -0.2) is 16.3 Å². The highest BCUT2D eigenvalue weighted by Crippen LogP contribution is 1.97. The molecule has 0 radical (unpaired) electrons. The van der Waals surface area contributed by atoms with E-state index in [1.165, 1.54) is 18.5 Å². The Morgan fingerprint density at radius 1 is 1.43 bits per heavy atom. The number of hydrogen-bond acceptors (Lipinski definition) is 2. The number of nitrogens with zero attached hydrogens (tertiary/aromatic N) is 2. The van der Waals surface area contributed by atoms with Gasteiger partial charge >= 0.3 is 0 Å². The molecule has 0 saturated heterocycles. The summed E-state index contributed by atoms with van der Waals surface area (Å²) < 4.78 is 2.03. The molecule has 82 valence electrons. The van der Waals surface area contributed by atoms with Gasteiger partial charge in [0.2, 0.25) is 0 Å². The normalized spacial score (nSPS) is 9.86. The van der Waals surface area contributed by atoms with E-state index >= 15 is 0 Å². The molecule has 0 atom stereocenters. The summed E-state index contributed by atoms with van der Waals surface area (Å²) in [6, 6.07) is 2.07. The van der Waals surface area contributed by atoms with Crippen molar-refractivity contribution < 1.29 is 0 Å². The standard InChI is InChI=1S/C10H19N3.ClH/c1-3-5-7-11-9-10-6-8-12-13(10)4-2;/h6,8,11H,3-5,7,9H2,1-2H3;1H. The van der Waals surface area contributed by atoms with Crippen molar-refractivity contribution in [3.8, 4) is 0 Å². The van der Waals surface area contributed by atoms with E-state index in [0.29, 0.717) is 0 Å². The van der Waals surface area contributed by atoms with Crippen LogP contribution in [0.1, 0.15) is 32.4 Å². The SMILES string of the molecule is CCCCNCc1ccnn1CC.Cl. The molecular formula is C10H20ClN3. The molecule has 0 aliphatic heterocycles. The lowest BCUT2D eigenvalue weighted by Crippen LogP contribution is -2.17. The van der Waals surface area contributed by atoms with Crippen LogP contribution in [0.15, 0.2) is 12.3 Å². The van der Waals surface area contributed by atoms with Crippen LogP contribution < -0.4 is 5.32 Å². The van der Waals surface area contributed by atoms with Crippen LogP contribution >= 0.6 is 12.4 Å². The molecule has 1 aromatic heterocycles. The highest BCUT2D eigenvalue weighted by Gasteiger charge is 1.98. The molecule has 0 fully saturated rings. The topological polar surface area (TPSA) is 29.9 Å². The second-order valence-corrected chi connectivity index (χ2v) is 3.17. The van der Waals surface area contributed by atoms with Crippen LogP contribution in [0.25, 0.3) is 0 Å². The third-order valence-corrected chi connectivity index (χ3v) is 2.12. The second kappa shape index (κ2) is 7.83. The van der Waals surface area contributed by atoms with Crippen molar-refractivity contribution in [1.29, 1.82) is 0 Å². The molecule has 0 aliphatic carbocycles. The lowest BCUT2D eigenvalue weighted by atomic mass is 10.3. The summed E-state index contributed by atoms with van der Waals surface area (Å²) in [7, 11) is 0. The quantitative estimate of drug-likeness (QED) is 0.741. The second-order valence-electron chi connectivity index (χ2n) is 3.17. The van der Waals surface area contributed by atoms with Crippen LogP contribution in [0, 0.1) is 0 Å². The van der Waals surface area contributed by atoms with Gasteiger partial charge in [0, 0.05) is 19.3 Å². The Morgan fingerprint density at radius 3 is 2.86 bits per heavy atom. The Labute approximate surface area is 92.3 Å². The molecule has 1 rings (SSSR count). The minimum Gasteiger partial charge on any atom is -0.311 e. The molecule has 0 saturated carbocycles. The summed E-state index contributed by atoms with van der Waals surface area (Å²) in [5.74, 6) is 0. The summed E-state index contributed by atoms with van der Waals surface area (Å²) >= 11 is 0. The summed E-state index contributed by atoms with van der Waals surface area (Å²) in [5, 5.41) is 7.61. The van der Waals surface area contributed by atoms with Crippen molar-refractivity contribution in [3.05, 3.63) is 18.0 Å². The van der Waals surface area contributed by atoms with Gasteiger partial charge in [-0.25, -0.2) is 0 Å². The molecule has 14 heavy (non-hydrogen) atoms. The van der Waals surface area contributed by atoms with Crippen molar-refractivity contribution in [2.75, 3.05) is 6.54 Å². The van der Waals surface area contributed by atoms with E-state index in [2.05, 4.69) is 30.3 Å². The van der Waals surface area contributed by atoms with Crippen LogP contribution in [-0.2, 0) is 13.1 Å². The predicted octanol–water partition coefficient (Wildman–Crippen LogP) is 2.21. The fourth-order valence-corrected chi connectivity index (χ4v) is 1.31. The Hall–Kier alpha value is -0.540. The zero-order chi connectivity index (χ0) is 9.52. The zero-order valence-corrected chi connectivity index (χ0v) is 9.81. The molecule has 0 aromatic carbocycles. The van der Waals surface area contributed by atoms with E-state index in [-0.39, 0.29) is 12.4 Å². The number of aryl methyl sites for hydroxylation is 1. The largest absolute Gasteiger partial charge is 0.311 e. The first-order chi connectivity index (χ1) is 6.38. The number of aromatic nitrogens is 2. The van der Waals surface area contributed by atoms with Gasteiger partial charge in [-0.15, -0.1) is 12.4 Å². The minimum atomic E-state index is 0. The lowest BCUT2D eigenvalue weighted by Gasteiger charge is -2.05. The van der Waals surface area contributed by atoms with Gasteiger partial charge in [0.05, 0.1) is 5.69 Å². The smallest absolute Gasteiger partial charge is 0.0521 e. The summed E-state index contributed by atoms with van der Waals surface area (Å²) in [5.41, 5.74) is 1.28. The maximum atomic E-state index is 4.21. The molecule has 0 aliphatic rings. The van der Waals surface area contributed by atoms with E-state index in [9.17, 15) is 0 Å². The van der Waals surface area contributed by atoms with Gasteiger partial charge in [-0.3, -0.25) is 4.68 Å². The van der Waals surface area contributed by atoms with Gasteiger partial charge in [-0.05, 0) is 26.0 Å². The van der Waals surface area contributed by atoms with Gasteiger partial charge in [0.25, 0.3) is 0 Å². The van der Waals surface area contributed by atoms with Crippen LogP contribution in [0.3, 0.4) is 0 Å². The average Bonchev–Trinajstić information content (AvgIpc) is 2.60. The number of unbranched alkanes of at least 4 members (excludes halogenated alkanes) is 1. The maximum absolute atomic E-state index is 4.21. The van der Waals surface area contributed by atoms with Crippen LogP contribution in [0.5, 0.6) is 0 Å². The first-order valence-corrected chi connectivity index (χ1v) is 5.09. The van der Waals surface area contributed by atoms with Crippen molar-refractivity contribution >= 4 is 12.4 Å². The molecule has 0 spiro atoms. The molecular weight excluding hydrogens is 198 g/mol. The van der Waals surface area contributed by atoms with Crippen molar-refractivity contribution in [1.82, 2.24) is 15.1 Å². The first-order valence-electron chi connectivity index (χ1n) is 5.09. The molecule has 0 unspecified atom stereocenters. The highest BCUT2D eigenvalue weighted by molar-refractivity contribution is 5.85. The number of halogens is 1. The summed E-state index contributed by atoms with van der Waals surface area (Å²) in [6.45, 7) is 7.32. The number of nitrogens with one attached hydrogen (secondary N) is 1. The maximum Gasteiger partial charge on any atom is 0.0521 e. The van der Waals surface area contributed by atoms with Crippen molar-refractivity contribution in [2.45, 2.75) is 39.8 Å². The Morgan fingerprint density at radius 2 is 2.21 bits per heavy atom. The Bertz CT molecular complexity index is 235. The lowest BCUT2D eigenvalue weighted by molar-refractivity contribution is 0.571. The predicted molar refractivity (Wildman–Crippen MR) is 61.8 cm³/mol. The third-order valence-electron chi connectivity index (χ3n) is 2.12. The fraction of sp³-hybridized carbons (Fsp3) is 0.700. The molecule has 0 amide bonds. The molecule has 0 bridgehead atoms. The van der Waals surface area contributed by atoms with E-state index in [1.807, 2.05) is 10.9 Å². The fourth-order valence-electron chi connectivity index (χ4n) is 1.31. The van der Waals surface area contributed by atoms with Crippen molar-refractivity contribution in [3.63, 3.8) is 0 Å². The molecule has 3 nitrogen and oxygen atoms in total. The Kier molecular flexibility index (Phi) is 7.52. The van der Waals surface area contributed by atoms with Crippen LogP contribution in [0.4, 0.5) is 0 Å². The Balaban J connectivity index is 0.00000169. The van der Waals surface area contributed by atoms with Crippen LogP contribution in [0.2, 0.25) is 0 Å². The van der Waals surface area contributed by atoms with E-state index in [4.69, 9.17) is 0 Å². The third kappa shape index (κ3) is 4.11. The first kappa shape index (κ1) is 13.5. The summed E-state index contributed by atoms with van der Waals surface area (Å²) in [6.07, 6.45) is 4.36. The van der Waals surface area contributed by atoms with Gasteiger partial charge in [-0.2, -0.15) is 5.10 Å². The molecule has 1 aromatic rings. The number of rotatable bonds is 6. The summed E-state index contributed by atoms with van der Waals surface area (Å²) in [4.78, 5) is 0. The van der Waals surface area contributed by atoms with Gasteiger partial charge < -0.3 is 5.32 Å². The zero-order valence-electron chi connectivity index (χ0n) is 8.99. The van der Waals surface area contributed by atoms with Crippen molar-refractivity contribution in [2.24, 2.45) is 0 Å². The number of hydrogen-bond donors (Lipinski definition) is 1. The average molecular weight is 218 g/mol. The van der Waals surface area contributed by atoms with Gasteiger partial charge in [0.15, 0.2) is 0 Å². The van der Waals surface area contributed by atoms with E-state index < -0.39 is 0 Å². The molecule has 4 heteroatoms.